The van der Waals surface area contributed by atoms with Gasteiger partial charge in [-0.1, -0.05) is 65.2 Å². The van der Waals surface area contributed by atoms with Crippen LogP contribution in [0.4, 0.5) is 0 Å². The van der Waals surface area contributed by atoms with E-state index in [2.05, 4.69) is 12.2 Å². The summed E-state index contributed by atoms with van der Waals surface area (Å²) in [7, 11) is 1.35. The predicted octanol–water partition coefficient (Wildman–Crippen LogP) is 9.20. The minimum atomic E-state index is -1.26. The fourth-order valence-corrected chi connectivity index (χ4v) is 9.72. The molecule has 0 unspecified atom stereocenters. The topological polar surface area (TPSA) is 164 Å². The van der Waals surface area contributed by atoms with Gasteiger partial charge in [-0.3, -0.25) is 24.0 Å². The third-order valence-electron chi connectivity index (χ3n) is 13.4. The normalized spacial score (nSPS) is 26.0. The second-order valence-corrected chi connectivity index (χ2v) is 17.2. The summed E-state index contributed by atoms with van der Waals surface area (Å²) in [5.41, 5.74) is 9.91. The Kier molecular flexibility index (Phi) is 12.9. The van der Waals surface area contributed by atoms with E-state index >= 15 is 0 Å². The van der Waals surface area contributed by atoms with E-state index in [4.69, 9.17) is 19.7 Å². The van der Waals surface area contributed by atoms with E-state index in [1.165, 1.54) is 7.11 Å². The summed E-state index contributed by atoms with van der Waals surface area (Å²) in [5.74, 6) is -4.41. The number of nitrogens with zero attached hydrogens (tertiary/aromatic N) is 3. The first-order valence-corrected chi connectivity index (χ1v) is 22.0. The lowest BCUT2D eigenvalue weighted by Gasteiger charge is -2.20. The SMILES string of the molecule is CCC1=C(C)C2=NC1=CC1=C(C)C3=C(O)[C@@H]4C(=O)C(=O)CCCCCCCCCCCCC(=O)C(=O)CC5=C(C)C(=NC5=C2)C=C2NC(=C4C3=N1)[C@@H](CCC(=O)OC)[C@@H]2C. The quantitative estimate of drug-likeness (QED) is 0.210. The average molecular weight is 815 g/mol. The maximum Gasteiger partial charge on any atom is 0.305 e. The van der Waals surface area contributed by atoms with Crippen molar-refractivity contribution in [3.05, 3.63) is 91.5 Å². The molecule has 0 aromatic rings. The molecule has 11 nitrogen and oxygen atoms in total. The number of hydrogen-bond donors (Lipinski definition) is 2. The third kappa shape index (κ3) is 8.24. The number of aliphatic hydroxyl groups excluding tert-OH is 1. The van der Waals surface area contributed by atoms with Gasteiger partial charge in [-0.25, -0.2) is 15.0 Å². The number of fused-ring (bicyclic) bond motifs is 4. The second kappa shape index (κ2) is 18.1. The van der Waals surface area contributed by atoms with Crippen molar-refractivity contribution in [2.75, 3.05) is 7.11 Å². The number of esters is 1. The number of nitrogens with one attached hydrogen (secondary N) is 1. The number of ether oxygens (including phenoxy) is 1. The van der Waals surface area contributed by atoms with Crippen molar-refractivity contribution in [3.8, 4) is 0 Å². The first kappa shape index (κ1) is 42.8. The van der Waals surface area contributed by atoms with Gasteiger partial charge in [-0.2, -0.15) is 0 Å². The molecular formula is C49H58N4O7. The molecule has 0 radical (unpaired) electrons. The molecule has 1 saturated heterocycles. The van der Waals surface area contributed by atoms with Gasteiger partial charge in [0.1, 0.15) is 11.7 Å². The molecule has 0 saturated carbocycles. The molecule has 10 bridgehead atoms. The van der Waals surface area contributed by atoms with Crippen LogP contribution in [0.25, 0.3) is 0 Å². The van der Waals surface area contributed by atoms with Gasteiger partial charge in [-0.05, 0) is 92.5 Å². The number of carbonyl (C=O) groups excluding carboxylic acids is 5. The summed E-state index contributed by atoms with van der Waals surface area (Å²) in [6.45, 7) is 9.88. The number of allylic oxidation sites excluding steroid dienone is 12. The van der Waals surface area contributed by atoms with E-state index in [1.807, 2.05) is 45.9 Å². The van der Waals surface area contributed by atoms with Crippen LogP contribution in [0, 0.1) is 17.8 Å². The molecule has 6 heterocycles. The Morgan fingerprint density at radius 3 is 2.05 bits per heavy atom. The van der Waals surface area contributed by atoms with Crippen molar-refractivity contribution >= 4 is 46.2 Å². The number of methoxy groups -OCH3 is 1. The summed E-state index contributed by atoms with van der Waals surface area (Å²) >= 11 is 0. The first-order valence-electron chi connectivity index (χ1n) is 22.0. The van der Waals surface area contributed by atoms with E-state index in [1.54, 1.807) is 0 Å². The largest absolute Gasteiger partial charge is 0.510 e. The maximum atomic E-state index is 14.4. The highest BCUT2D eigenvalue weighted by Gasteiger charge is 2.49. The number of Topliss-reactive ketones (excluding diaryl/α,β-unsaturated/α-hetero) is 4. The molecule has 0 amide bonds. The first-order chi connectivity index (χ1) is 28.8. The molecule has 7 rings (SSSR count). The van der Waals surface area contributed by atoms with Gasteiger partial charge in [0, 0.05) is 60.1 Å². The van der Waals surface area contributed by atoms with Crippen molar-refractivity contribution in [1.82, 2.24) is 5.32 Å². The van der Waals surface area contributed by atoms with Crippen LogP contribution >= 0.6 is 0 Å². The molecule has 0 spiro atoms. The van der Waals surface area contributed by atoms with Crippen molar-refractivity contribution in [2.45, 2.75) is 137 Å². The van der Waals surface area contributed by atoms with Crippen LogP contribution in [0.3, 0.4) is 0 Å². The Labute approximate surface area is 353 Å². The molecule has 2 N–H and O–H groups in total. The molecule has 6 aliphatic heterocycles. The highest BCUT2D eigenvalue weighted by molar-refractivity contribution is 6.42. The zero-order valence-corrected chi connectivity index (χ0v) is 36.0. The van der Waals surface area contributed by atoms with Gasteiger partial charge >= 0.3 is 5.97 Å². The van der Waals surface area contributed by atoms with Crippen molar-refractivity contribution < 1.29 is 33.8 Å². The van der Waals surface area contributed by atoms with Crippen molar-refractivity contribution in [2.24, 2.45) is 32.7 Å². The summed E-state index contributed by atoms with van der Waals surface area (Å²) in [4.78, 5) is 83.1. The van der Waals surface area contributed by atoms with E-state index in [0.29, 0.717) is 87.9 Å². The summed E-state index contributed by atoms with van der Waals surface area (Å²) < 4.78 is 5.05. The van der Waals surface area contributed by atoms with Crippen LogP contribution < -0.4 is 5.32 Å². The fourth-order valence-electron chi connectivity index (χ4n) is 9.72. The number of aliphatic hydroxyl groups is 1. The summed E-state index contributed by atoms with van der Waals surface area (Å²) in [5, 5.41) is 15.8. The summed E-state index contributed by atoms with van der Waals surface area (Å²) in [6.07, 6.45) is 16.3. The average Bonchev–Trinajstić information content (AvgIpc) is 3.97. The van der Waals surface area contributed by atoms with E-state index < -0.39 is 23.3 Å². The number of rotatable bonds is 4. The Balaban J connectivity index is 1.44. The van der Waals surface area contributed by atoms with Gasteiger partial charge in [-0.15, -0.1) is 0 Å². The Hall–Kier alpha value is -5.32. The maximum absolute atomic E-state index is 14.4. The van der Waals surface area contributed by atoms with Crippen LogP contribution in [0.2, 0.25) is 0 Å². The Morgan fingerprint density at radius 2 is 1.40 bits per heavy atom. The standard InChI is InChI=1S/C49H58N4O7/c1-7-30-26(2)34-24-38-32-22-41(56)39(54)18-16-14-12-10-8-9-11-13-15-17-19-40(55)48(58)45-44(47-43(49(45)59)29(5)36(53-47)25-37(30)50-34)46-31(20-21-42(57)60-6)27(3)35(52-46)23-33(51-38)28(32)4/h23-25,27,31,45,52,59H,7-22H2,1-6H3/t27-,31-,45-/m0/s1. The van der Waals surface area contributed by atoms with Crippen LogP contribution in [0.15, 0.2) is 106 Å². The minimum Gasteiger partial charge on any atom is -0.510 e. The number of carbonyl (C=O) groups is 5. The molecule has 3 atom stereocenters. The van der Waals surface area contributed by atoms with E-state index in [0.717, 1.165) is 73.8 Å². The third-order valence-corrected chi connectivity index (χ3v) is 13.4. The van der Waals surface area contributed by atoms with E-state index in [-0.39, 0.29) is 55.0 Å². The molecule has 7 aliphatic rings. The molecule has 1 fully saturated rings. The molecule has 0 aromatic heterocycles. The smallest absolute Gasteiger partial charge is 0.305 e. The lowest BCUT2D eigenvalue weighted by atomic mass is 9.82. The van der Waals surface area contributed by atoms with Crippen molar-refractivity contribution in [3.63, 3.8) is 0 Å². The Morgan fingerprint density at radius 1 is 0.783 bits per heavy atom. The van der Waals surface area contributed by atoms with Crippen LogP contribution in [-0.4, -0.2) is 58.5 Å². The molecule has 11 heteroatoms. The molecule has 316 valence electrons. The predicted molar refractivity (Wildman–Crippen MR) is 232 cm³/mol. The number of aliphatic imine (C=N–C) groups is 3. The zero-order chi connectivity index (χ0) is 42.8. The van der Waals surface area contributed by atoms with Gasteiger partial charge in [0.25, 0.3) is 0 Å². The molecular weight excluding hydrogens is 757 g/mol. The van der Waals surface area contributed by atoms with E-state index in [9.17, 15) is 29.1 Å². The molecule has 1 aliphatic carbocycles. The minimum absolute atomic E-state index is 0.0824. The lowest BCUT2D eigenvalue weighted by molar-refractivity contribution is -0.141. The zero-order valence-electron chi connectivity index (χ0n) is 36.0. The highest BCUT2D eigenvalue weighted by Crippen LogP contribution is 2.49. The van der Waals surface area contributed by atoms with Gasteiger partial charge in [0.15, 0.2) is 11.6 Å². The van der Waals surface area contributed by atoms with Crippen LogP contribution in [0.1, 0.15) is 137 Å². The lowest BCUT2D eigenvalue weighted by Crippen LogP contribution is -2.29. The number of hydrogen-bond acceptors (Lipinski definition) is 11. The summed E-state index contributed by atoms with van der Waals surface area (Å²) in [6, 6.07) is 0. The van der Waals surface area contributed by atoms with Gasteiger partial charge < -0.3 is 15.2 Å². The highest BCUT2D eigenvalue weighted by atomic mass is 16.5. The van der Waals surface area contributed by atoms with Crippen LogP contribution in [-0.2, 0) is 28.7 Å². The monoisotopic (exact) mass is 814 g/mol. The molecule has 60 heavy (non-hydrogen) atoms. The molecule has 0 aromatic carbocycles. The van der Waals surface area contributed by atoms with Gasteiger partial charge in [0.2, 0.25) is 11.6 Å². The fraction of sp³-hybridized carbons (Fsp3) is 0.510. The van der Waals surface area contributed by atoms with Crippen molar-refractivity contribution in [1.29, 1.82) is 0 Å². The Bertz CT molecular complexity index is 2300. The van der Waals surface area contributed by atoms with Crippen LogP contribution in [0.5, 0.6) is 0 Å². The number of ketones is 4. The second-order valence-electron chi connectivity index (χ2n) is 17.2. The van der Waals surface area contributed by atoms with Gasteiger partial charge in [0.05, 0.1) is 41.3 Å².